The Morgan fingerprint density at radius 3 is 2.78 bits per heavy atom. The van der Waals surface area contributed by atoms with Crippen LogP contribution in [0.4, 0.5) is 0 Å². The summed E-state index contributed by atoms with van der Waals surface area (Å²) in [6.45, 7) is 5.94. The zero-order valence-electron chi connectivity index (χ0n) is 14.0. The molecule has 1 aromatic carbocycles. The molecule has 0 amide bonds. The van der Waals surface area contributed by atoms with Crippen molar-refractivity contribution in [3.63, 3.8) is 0 Å². The minimum Gasteiger partial charge on any atom is -0.325 e. The molecule has 0 saturated heterocycles. The summed E-state index contributed by atoms with van der Waals surface area (Å²) >= 11 is 0. The zero-order chi connectivity index (χ0) is 16.8. The fraction of sp³-hybridized carbons (Fsp3) is 0.368. The zero-order valence-corrected chi connectivity index (χ0v) is 14.0. The Kier molecular flexibility index (Phi) is 5.72. The fourth-order valence-corrected chi connectivity index (χ4v) is 2.68. The molecule has 2 aromatic rings. The molecule has 4 nitrogen and oxygen atoms in total. The molecular formula is C19H23N3O. The molecular weight excluding hydrogens is 286 g/mol. The Morgan fingerprint density at radius 2 is 2.09 bits per heavy atom. The molecule has 23 heavy (non-hydrogen) atoms. The summed E-state index contributed by atoms with van der Waals surface area (Å²) in [5, 5.41) is 9.29. The van der Waals surface area contributed by atoms with Gasteiger partial charge in [0.15, 0.2) is 0 Å². The SMILES string of the molecule is CCCCN(C)Cc1cccc(-c2cc(C)[nH]c(=O)c2C#N)c1. The van der Waals surface area contributed by atoms with Crippen LogP contribution in [0.3, 0.4) is 0 Å². The molecule has 0 aliphatic heterocycles. The third-order valence-corrected chi connectivity index (χ3v) is 3.86. The van der Waals surface area contributed by atoms with Crippen LogP contribution in [0.5, 0.6) is 0 Å². The molecule has 4 heteroatoms. The van der Waals surface area contributed by atoms with Gasteiger partial charge in [0.25, 0.3) is 5.56 Å². The highest BCUT2D eigenvalue weighted by atomic mass is 16.1. The van der Waals surface area contributed by atoms with Crippen LogP contribution in [0.25, 0.3) is 11.1 Å². The Balaban J connectivity index is 2.34. The molecule has 0 spiro atoms. The van der Waals surface area contributed by atoms with Crippen molar-refractivity contribution in [2.24, 2.45) is 0 Å². The Hall–Kier alpha value is -2.38. The van der Waals surface area contributed by atoms with Crippen LogP contribution >= 0.6 is 0 Å². The van der Waals surface area contributed by atoms with Crippen LogP contribution in [-0.4, -0.2) is 23.5 Å². The number of H-pyrrole nitrogens is 1. The molecule has 0 aliphatic rings. The second-order valence-electron chi connectivity index (χ2n) is 5.97. The van der Waals surface area contributed by atoms with E-state index in [4.69, 9.17) is 0 Å². The molecule has 0 saturated carbocycles. The standard InChI is InChI=1S/C19H23N3O/c1-4-5-9-22(3)13-15-7-6-8-16(11-15)17-10-14(2)21-19(23)18(17)12-20/h6-8,10-11H,4-5,9,13H2,1-3H3,(H,21,23). The molecule has 1 aromatic heterocycles. The number of nitriles is 1. The number of aromatic amines is 1. The summed E-state index contributed by atoms with van der Waals surface area (Å²) in [6.07, 6.45) is 2.37. The van der Waals surface area contributed by atoms with Gasteiger partial charge in [-0.15, -0.1) is 0 Å². The quantitative estimate of drug-likeness (QED) is 0.889. The van der Waals surface area contributed by atoms with E-state index in [2.05, 4.69) is 36.0 Å². The van der Waals surface area contributed by atoms with Gasteiger partial charge in [-0.2, -0.15) is 5.26 Å². The lowest BCUT2D eigenvalue weighted by atomic mass is 9.99. The number of benzene rings is 1. The van der Waals surface area contributed by atoms with Crippen molar-refractivity contribution in [2.75, 3.05) is 13.6 Å². The minimum atomic E-state index is -0.326. The van der Waals surface area contributed by atoms with Gasteiger partial charge in [0.1, 0.15) is 11.6 Å². The van der Waals surface area contributed by atoms with Crippen LogP contribution < -0.4 is 5.56 Å². The third-order valence-electron chi connectivity index (χ3n) is 3.86. The second-order valence-corrected chi connectivity index (χ2v) is 5.97. The van der Waals surface area contributed by atoms with Gasteiger partial charge in [-0.25, -0.2) is 0 Å². The lowest BCUT2D eigenvalue weighted by Gasteiger charge is -2.17. The van der Waals surface area contributed by atoms with E-state index in [1.807, 2.05) is 31.2 Å². The van der Waals surface area contributed by atoms with Gasteiger partial charge in [0, 0.05) is 17.8 Å². The van der Waals surface area contributed by atoms with Crippen LogP contribution in [0, 0.1) is 18.3 Å². The number of hydrogen-bond acceptors (Lipinski definition) is 3. The molecule has 0 radical (unpaired) electrons. The molecule has 120 valence electrons. The Morgan fingerprint density at radius 1 is 1.30 bits per heavy atom. The van der Waals surface area contributed by atoms with Crippen LogP contribution in [0.2, 0.25) is 0 Å². The first-order valence-electron chi connectivity index (χ1n) is 7.97. The number of hydrogen-bond donors (Lipinski definition) is 1. The number of nitrogens with one attached hydrogen (secondary N) is 1. The molecule has 1 N–H and O–H groups in total. The largest absolute Gasteiger partial charge is 0.325 e. The lowest BCUT2D eigenvalue weighted by Crippen LogP contribution is -2.19. The minimum absolute atomic E-state index is 0.173. The van der Waals surface area contributed by atoms with Gasteiger partial charge in [0.05, 0.1) is 0 Å². The number of unbranched alkanes of at least 4 members (excludes halogenated alkanes) is 1. The third kappa shape index (κ3) is 4.30. The topological polar surface area (TPSA) is 59.9 Å². The normalized spacial score (nSPS) is 10.7. The van der Waals surface area contributed by atoms with E-state index in [1.165, 1.54) is 18.4 Å². The van der Waals surface area contributed by atoms with Crippen LogP contribution in [0.1, 0.15) is 36.6 Å². The van der Waals surface area contributed by atoms with E-state index >= 15 is 0 Å². The number of aryl methyl sites for hydroxylation is 1. The van der Waals surface area contributed by atoms with E-state index < -0.39 is 0 Å². The molecule has 2 rings (SSSR count). The van der Waals surface area contributed by atoms with E-state index in [9.17, 15) is 10.1 Å². The van der Waals surface area contributed by atoms with Gasteiger partial charge >= 0.3 is 0 Å². The maximum Gasteiger partial charge on any atom is 0.266 e. The summed E-state index contributed by atoms with van der Waals surface area (Å²) in [6, 6.07) is 12.0. The highest BCUT2D eigenvalue weighted by Gasteiger charge is 2.11. The monoisotopic (exact) mass is 309 g/mol. The highest BCUT2D eigenvalue weighted by Crippen LogP contribution is 2.23. The molecule has 1 heterocycles. The van der Waals surface area contributed by atoms with E-state index in [1.54, 1.807) is 0 Å². The summed E-state index contributed by atoms with van der Waals surface area (Å²) in [4.78, 5) is 16.9. The molecule has 0 bridgehead atoms. The predicted molar refractivity (Wildman–Crippen MR) is 93.2 cm³/mol. The number of nitrogens with zero attached hydrogens (tertiary/aromatic N) is 2. The summed E-state index contributed by atoms with van der Waals surface area (Å²) in [5.74, 6) is 0. The van der Waals surface area contributed by atoms with Gasteiger partial charge in [-0.05, 0) is 50.2 Å². The molecule has 0 atom stereocenters. The van der Waals surface area contributed by atoms with E-state index in [0.29, 0.717) is 5.56 Å². The first-order valence-corrected chi connectivity index (χ1v) is 7.97. The smallest absolute Gasteiger partial charge is 0.266 e. The van der Waals surface area contributed by atoms with Gasteiger partial charge < -0.3 is 9.88 Å². The maximum absolute atomic E-state index is 12.0. The molecule has 0 unspecified atom stereocenters. The molecule has 0 aliphatic carbocycles. The summed E-state index contributed by atoms with van der Waals surface area (Å²) in [5.41, 5.74) is 3.40. The van der Waals surface area contributed by atoms with E-state index in [0.717, 1.165) is 24.3 Å². The predicted octanol–water partition coefficient (Wildman–Crippen LogP) is 3.45. The summed E-state index contributed by atoms with van der Waals surface area (Å²) < 4.78 is 0. The number of rotatable bonds is 6. The van der Waals surface area contributed by atoms with Crippen molar-refractivity contribution < 1.29 is 0 Å². The Labute approximate surface area is 137 Å². The van der Waals surface area contributed by atoms with Gasteiger partial charge in [-0.3, -0.25) is 4.79 Å². The number of pyridine rings is 1. The first kappa shape index (κ1) is 17.0. The second kappa shape index (κ2) is 7.75. The number of aromatic nitrogens is 1. The Bertz CT molecular complexity index is 771. The fourth-order valence-electron chi connectivity index (χ4n) is 2.68. The van der Waals surface area contributed by atoms with Crippen molar-refractivity contribution in [3.8, 4) is 17.2 Å². The highest BCUT2D eigenvalue weighted by molar-refractivity contribution is 5.70. The van der Waals surface area contributed by atoms with Crippen LogP contribution in [0.15, 0.2) is 35.1 Å². The average Bonchev–Trinajstić information content (AvgIpc) is 2.52. The van der Waals surface area contributed by atoms with Gasteiger partial charge in [0.2, 0.25) is 0 Å². The lowest BCUT2D eigenvalue weighted by molar-refractivity contribution is 0.321. The van der Waals surface area contributed by atoms with Crippen molar-refractivity contribution in [1.29, 1.82) is 5.26 Å². The van der Waals surface area contributed by atoms with Crippen molar-refractivity contribution in [3.05, 3.63) is 57.5 Å². The van der Waals surface area contributed by atoms with E-state index in [-0.39, 0.29) is 11.1 Å². The molecule has 0 fully saturated rings. The average molecular weight is 309 g/mol. The van der Waals surface area contributed by atoms with Gasteiger partial charge in [-0.1, -0.05) is 31.5 Å². The van der Waals surface area contributed by atoms with Crippen molar-refractivity contribution >= 4 is 0 Å². The maximum atomic E-state index is 12.0. The summed E-state index contributed by atoms with van der Waals surface area (Å²) in [7, 11) is 2.11. The van der Waals surface area contributed by atoms with Crippen LogP contribution in [-0.2, 0) is 6.54 Å². The van der Waals surface area contributed by atoms with Crippen molar-refractivity contribution in [2.45, 2.75) is 33.2 Å². The van der Waals surface area contributed by atoms with Crippen molar-refractivity contribution in [1.82, 2.24) is 9.88 Å². The first-order chi connectivity index (χ1) is 11.0.